The molecule has 0 unspecified atom stereocenters. The number of methoxy groups -OCH3 is 1. The molecule has 0 bridgehead atoms. The summed E-state index contributed by atoms with van der Waals surface area (Å²) < 4.78 is 37.9. The maximum absolute atomic E-state index is 12.4. The lowest BCUT2D eigenvalue weighted by Crippen LogP contribution is -2.40. The van der Waals surface area contributed by atoms with E-state index in [0.717, 1.165) is 37.1 Å². The van der Waals surface area contributed by atoms with Crippen LogP contribution in [-0.4, -0.2) is 72.9 Å². The summed E-state index contributed by atoms with van der Waals surface area (Å²) in [6.07, 6.45) is 2.58. The molecule has 1 aliphatic carbocycles. The van der Waals surface area contributed by atoms with Crippen LogP contribution in [0.2, 0.25) is 0 Å². The monoisotopic (exact) mass is 554 g/mol. The molecule has 2 N–H and O–H groups in total. The van der Waals surface area contributed by atoms with E-state index in [1.54, 1.807) is 18.2 Å². The average molecular weight is 554 g/mol. The number of guanidine groups is 1. The fraction of sp³-hybridized carbons (Fsp3) is 0.650. The molecule has 0 radical (unpaired) electrons. The molecule has 0 spiro atoms. The van der Waals surface area contributed by atoms with Crippen LogP contribution >= 0.6 is 24.0 Å². The van der Waals surface area contributed by atoms with Crippen molar-refractivity contribution in [3.8, 4) is 0 Å². The molecule has 1 aromatic carbocycles. The fourth-order valence-corrected chi connectivity index (χ4v) is 3.73. The number of ether oxygens (including phenoxy) is 2. The highest BCUT2D eigenvalue weighted by Gasteiger charge is 2.21. The quantitative estimate of drug-likeness (QED) is 0.168. The van der Waals surface area contributed by atoms with E-state index in [1.807, 2.05) is 24.9 Å². The standard InChI is InChI=1S/C20H34N4O4S.HI/c1-4-21-20(24(2)11-13-28-16-17-8-9-17)22-15-18-6-5-7-19(14-18)29(25,26)23-10-12-27-3;/h5-7,14,17,23H,4,8-13,15-16H2,1-3H3,(H,21,22);1H. The van der Waals surface area contributed by atoms with Gasteiger partial charge >= 0.3 is 0 Å². The number of nitrogens with zero attached hydrogens (tertiary/aromatic N) is 2. The van der Waals surface area contributed by atoms with E-state index >= 15 is 0 Å². The minimum Gasteiger partial charge on any atom is -0.383 e. The SMILES string of the molecule is CCNC(=NCc1cccc(S(=O)(=O)NCCOC)c1)N(C)CCOCC1CC1.I. The lowest BCUT2D eigenvalue weighted by Gasteiger charge is -2.22. The van der Waals surface area contributed by atoms with Gasteiger partial charge in [-0.3, -0.25) is 0 Å². The normalized spacial score (nSPS) is 14.3. The first kappa shape index (κ1) is 27.1. The number of sulfonamides is 1. The number of hydrogen-bond acceptors (Lipinski definition) is 5. The molecule has 30 heavy (non-hydrogen) atoms. The van der Waals surface area contributed by atoms with E-state index in [2.05, 4.69) is 15.0 Å². The van der Waals surface area contributed by atoms with Crippen LogP contribution in [0.1, 0.15) is 25.3 Å². The van der Waals surface area contributed by atoms with Crippen molar-refractivity contribution < 1.29 is 17.9 Å². The van der Waals surface area contributed by atoms with Crippen molar-refractivity contribution in [3.05, 3.63) is 29.8 Å². The molecular weight excluding hydrogens is 519 g/mol. The van der Waals surface area contributed by atoms with Gasteiger partial charge in [-0.1, -0.05) is 12.1 Å². The first-order valence-corrected chi connectivity index (χ1v) is 11.6. The first-order chi connectivity index (χ1) is 14.0. The average Bonchev–Trinajstić information content (AvgIpc) is 3.53. The molecule has 1 aliphatic rings. The van der Waals surface area contributed by atoms with Crippen LogP contribution in [0.3, 0.4) is 0 Å². The summed E-state index contributed by atoms with van der Waals surface area (Å²) in [4.78, 5) is 6.91. The predicted molar refractivity (Wildman–Crippen MR) is 130 cm³/mol. The van der Waals surface area contributed by atoms with Gasteiger partial charge in [0.25, 0.3) is 0 Å². The molecule has 1 aromatic rings. The molecule has 0 atom stereocenters. The Balaban J connectivity index is 0.00000450. The number of benzene rings is 1. The van der Waals surface area contributed by atoms with Gasteiger partial charge in [-0.25, -0.2) is 18.1 Å². The number of aliphatic imine (C=N–C) groups is 1. The molecule has 172 valence electrons. The van der Waals surface area contributed by atoms with E-state index in [9.17, 15) is 8.42 Å². The molecule has 0 heterocycles. The Morgan fingerprint density at radius 1 is 1.30 bits per heavy atom. The molecule has 8 nitrogen and oxygen atoms in total. The molecular formula is C20H35IN4O4S. The van der Waals surface area contributed by atoms with Gasteiger partial charge in [-0.05, 0) is 43.4 Å². The molecule has 10 heteroatoms. The second-order valence-corrected chi connectivity index (χ2v) is 8.91. The lowest BCUT2D eigenvalue weighted by atomic mass is 10.2. The van der Waals surface area contributed by atoms with Gasteiger partial charge in [0, 0.05) is 40.4 Å². The molecule has 0 amide bonds. The van der Waals surface area contributed by atoms with Gasteiger partial charge in [0.05, 0.1) is 24.7 Å². The van der Waals surface area contributed by atoms with Crippen LogP contribution in [0.15, 0.2) is 34.2 Å². The van der Waals surface area contributed by atoms with Crippen molar-refractivity contribution in [1.29, 1.82) is 0 Å². The third-order valence-corrected chi connectivity index (χ3v) is 6.00. The second-order valence-electron chi connectivity index (χ2n) is 7.15. The topological polar surface area (TPSA) is 92.3 Å². The molecule has 0 aromatic heterocycles. The highest BCUT2D eigenvalue weighted by molar-refractivity contribution is 14.0. The van der Waals surface area contributed by atoms with Crippen LogP contribution in [0, 0.1) is 5.92 Å². The summed E-state index contributed by atoms with van der Waals surface area (Å²) >= 11 is 0. The zero-order chi connectivity index (χ0) is 21.1. The Morgan fingerprint density at radius 3 is 2.73 bits per heavy atom. The van der Waals surface area contributed by atoms with Crippen LogP contribution in [0.5, 0.6) is 0 Å². The highest BCUT2D eigenvalue weighted by Crippen LogP contribution is 2.28. The van der Waals surface area contributed by atoms with E-state index in [0.29, 0.717) is 19.8 Å². The fourth-order valence-electron chi connectivity index (χ4n) is 2.65. The van der Waals surface area contributed by atoms with Crippen LogP contribution in [0.4, 0.5) is 0 Å². The van der Waals surface area contributed by atoms with Gasteiger partial charge in [-0.2, -0.15) is 0 Å². The van der Waals surface area contributed by atoms with Crippen LogP contribution < -0.4 is 10.0 Å². The van der Waals surface area contributed by atoms with E-state index in [1.165, 1.54) is 20.0 Å². The Morgan fingerprint density at radius 2 is 2.07 bits per heavy atom. The number of likely N-dealkylation sites (N-methyl/N-ethyl adjacent to an activating group) is 1. The summed E-state index contributed by atoms with van der Waals surface area (Å²) in [6, 6.07) is 6.84. The van der Waals surface area contributed by atoms with Gasteiger partial charge in [0.1, 0.15) is 0 Å². The van der Waals surface area contributed by atoms with Gasteiger partial charge in [-0.15, -0.1) is 24.0 Å². The third kappa shape index (κ3) is 9.90. The maximum Gasteiger partial charge on any atom is 0.240 e. The maximum atomic E-state index is 12.4. The Hall–Kier alpha value is -0.950. The van der Waals surface area contributed by atoms with Crippen molar-refractivity contribution in [3.63, 3.8) is 0 Å². The zero-order valence-corrected chi connectivity index (χ0v) is 21.2. The summed E-state index contributed by atoms with van der Waals surface area (Å²) in [5.74, 6) is 1.53. The van der Waals surface area contributed by atoms with Crippen molar-refractivity contribution in [2.75, 3.05) is 53.6 Å². The van der Waals surface area contributed by atoms with Crippen molar-refractivity contribution >= 4 is 40.0 Å². The van der Waals surface area contributed by atoms with Crippen molar-refractivity contribution in [2.24, 2.45) is 10.9 Å². The molecule has 1 saturated carbocycles. The smallest absolute Gasteiger partial charge is 0.240 e. The predicted octanol–water partition coefficient (Wildman–Crippen LogP) is 2.05. The second kappa shape index (κ2) is 14.2. The number of hydrogen-bond donors (Lipinski definition) is 2. The van der Waals surface area contributed by atoms with E-state index in [4.69, 9.17) is 9.47 Å². The summed E-state index contributed by atoms with van der Waals surface area (Å²) in [7, 11) is -0.0505. The molecule has 0 aliphatic heterocycles. The van der Waals surface area contributed by atoms with Gasteiger partial charge in [0.2, 0.25) is 10.0 Å². The Kier molecular flexibility index (Phi) is 12.8. The van der Waals surface area contributed by atoms with Crippen LogP contribution in [0.25, 0.3) is 0 Å². The largest absolute Gasteiger partial charge is 0.383 e. The van der Waals surface area contributed by atoms with Gasteiger partial charge in [0.15, 0.2) is 5.96 Å². The minimum absolute atomic E-state index is 0. The highest BCUT2D eigenvalue weighted by atomic mass is 127. The van der Waals surface area contributed by atoms with Crippen LogP contribution in [-0.2, 0) is 26.0 Å². The zero-order valence-electron chi connectivity index (χ0n) is 18.1. The number of halogens is 1. The first-order valence-electron chi connectivity index (χ1n) is 10.1. The van der Waals surface area contributed by atoms with E-state index < -0.39 is 10.0 Å². The van der Waals surface area contributed by atoms with E-state index in [-0.39, 0.29) is 35.4 Å². The summed E-state index contributed by atoms with van der Waals surface area (Å²) in [6.45, 7) is 5.98. The minimum atomic E-state index is -3.56. The Labute approximate surface area is 197 Å². The molecule has 0 saturated heterocycles. The Bertz CT molecular complexity index is 757. The third-order valence-electron chi connectivity index (χ3n) is 4.54. The lowest BCUT2D eigenvalue weighted by molar-refractivity contribution is 0.115. The van der Waals surface area contributed by atoms with Crippen molar-refractivity contribution in [1.82, 2.24) is 14.9 Å². The summed E-state index contributed by atoms with van der Waals surface area (Å²) in [5, 5.41) is 3.27. The number of nitrogens with one attached hydrogen (secondary N) is 2. The van der Waals surface area contributed by atoms with Gasteiger partial charge < -0.3 is 19.7 Å². The summed E-state index contributed by atoms with van der Waals surface area (Å²) in [5.41, 5.74) is 0.827. The number of rotatable bonds is 13. The molecule has 1 fully saturated rings. The van der Waals surface area contributed by atoms with Crippen molar-refractivity contribution in [2.45, 2.75) is 31.2 Å². The molecule has 2 rings (SSSR count).